The minimum absolute atomic E-state index is 0.984. The number of benzene rings is 1. The van der Waals surface area contributed by atoms with Gasteiger partial charge in [-0.25, -0.2) is 0 Å². The van der Waals surface area contributed by atoms with Crippen molar-refractivity contribution >= 4 is 0 Å². The van der Waals surface area contributed by atoms with Gasteiger partial charge in [0.2, 0.25) is 0 Å². The maximum absolute atomic E-state index is 2.29. The van der Waals surface area contributed by atoms with Crippen LogP contribution < -0.4 is 0 Å². The highest BCUT2D eigenvalue weighted by Crippen LogP contribution is 2.27. The second kappa shape index (κ2) is 6.10. The molecule has 1 fully saturated rings. The maximum Gasteiger partial charge on any atom is 0.0449 e. The van der Waals surface area contributed by atoms with Crippen molar-refractivity contribution < 1.29 is 0 Å². The van der Waals surface area contributed by atoms with Gasteiger partial charge in [0.15, 0.2) is 0 Å². The average Bonchev–Trinajstić information content (AvgIpc) is 3.01. The van der Waals surface area contributed by atoms with Gasteiger partial charge in [-0.3, -0.25) is 0 Å². The molecular weight excluding hydrogens is 230 g/mol. The maximum atomic E-state index is 2.29. The van der Waals surface area contributed by atoms with E-state index in [1.54, 1.807) is 0 Å². The zero-order valence-electron chi connectivity index (χ0n) is 11.6. The normalized spacial score (nSPS) is 16.6. The van der Waals surface area contributed by atoms with Crippen LogP contribution in [0.4, 0.5) is 0 Å². The van der Waals surface area contributed by atoms with E-state index in [0.29, 0.717) is 0 Å². The van der Waals surface area contributed by atoms with Gasteiger partial charge in [0.25, 0.3) is 0 Å². The Morgan fingerprint density at radius 3 is 2.26 bits per heavy atom. The summed E-state index contributed by atoms with van der Waals surface area (Å²) >= 11 is 0. The fourth-order valence-electron chi connectivity index (χ4n) is 3.19. The Kier molecular flexibility index (Phi) is 4.02. The molecule has 0 radical (unpaired) electrons. The fourth-order valence-corrected chi connectivity index (χ4v) is 3.19. The van der Waals surface area contributed by atoms with Crippen LogP contribution in [0.15, 0.2) is 48.8 Å². The number of hydrogen-bond donors (Lipinski definition) is 0. The Labute approximate surface area is 116 Å². The zero-order chi connectivity index (χ0) is 12.9. The highest BCUT2D eigenvalue weighted by atomic mass is 14.9. The fraction of sp³-hybridized carbons (Fsp3) is 0.444. The van der Waals surface area contributed by atoms with E-state index in [1.165, 1.54) is 56.2 Å². The van der Waals surface area contributed by atoms with Gasteiger partial charge in [0, 0.05) is 18.1 Å². The zero-order valence-corrected chi connectivity index (χ0v) is 11.6. The number of rotatable bonds is 4. The van der Waals surface area contributed by atoms with Crippen LogP contribution in [-0.4, -0.2) is 4.57 Å². The van der Waals surface area contributed by atoms with E-state index in [0.717, 1.165) is 5.92 Å². The predicted molar refractivity (Wildman–Crippen MR) is 80.7 cm³/mol. The number of aromatic nitrogens is 1. The lowest BCUT2D eigenvalue weighted by atomic mass is 9.85. The van der Waals surface area contributed by atoms with Crippen molar-refractivity contribution in [1.29, 1.82) is 0 Å². The summed E-state index contributed by atoms with van der Waals surface area (Å²) in [6.45, 7) is 0. The molecule has 0 unspecified atom stereocenters. The van der Waals surface area contributed by atoms with E-state index >= 15 is 0 Å². The van der Waals surface area contributed by atoms with Crippen molar-refractivity contribution in [3.8, 4) is 5.69 Å². The van der Waals surface area contributed by atoms with Crippen LogP contribution in [0.2, 0.25) is 0 Å². The lowest BCUT2D eigenvalue weighted by Crippen LogP contribution is -2.07. The van der Waals surface area contributed by atoms with Crippen LogP contribution in [0.5, 0.6) is 0 Å². The first kappa shape index (κ1) is 12.5. The molecule has 19 heavy (non-hydrogen) atoms. The summed E-state index contributed by atoms with van der Waals surface area (Å²) in [5.74, 6) is 0.984. The smallest absolute Gasteiger partial charge is 0.0449 e. The summed E-state index contributed by atoms with van der Waals surface area (Å²) in [7, 11) is 0. The van der Waals surface area contributed by atoms with Gasteiger partial charge in [-0.1, -0.05) is 44.2 Å². The lowest BCUT2D eigenvalue weighted by Gasteiger charge is -2.21. The predicted octanol–water partition coefficient (Wildman–Crippen LogP) is 4.99. The largest absolute Gasteiger partial charge is 0.324 e. The Hall–Kier alpha value is -1.50. The molecule has 1 aliphatic rings. The molecule has 0 N–H and O–H groups in total. The third-order valence-corrected chi connectivity index (χ3v) is 4.40. The minimum atomic E-state index is 0.984. The van der Waals surface area contributed by atoms with Crippen molar-refractivity contribution in [2.45, 2.75) is 44.9 Å². The molecule has 2 aromatic rings. The Bertz CT molecular complexity index is 475. The molecule has 0 amide bonds. The molecule has 1 heterocycles. The van der Waals surface area contributed by atoms with E-state index in [4.69, 9.17) is 0 Å². The van der Waals surface area contributed by atoms with Crippen molar-refractivity contribution in [3.63, 3.8) is 0 Å². The molecule has 1 aromatic carbocycles. The Morgan fingerprint density at radius 1 is 0.895 bits per heavy atom. The van der Waals surface area contributed by atoms with E-state index in [2.05, 4.69) is 53.4 Å². The Morgan fingerprint density at radius 2 is 1.58 bits per heavy atom. The van der Waals surface area contributed by atoms with Crippen LogP contribution in [0.25, 0.3) is 5.69 Å². The lowest BCUT2D eigenvalue weighted by molar-refractivity contribution is 0.339. The topological polar surface area (TPSA) is 4.93 Å². The summed E-state index contributed by atoms with van der Waals surface area (Å²) in [6.07, 6.45) is 14.1. The van der Waals surface area contributed by atoms with E-state index < -0.39 is 0 Å². The molecule has 1 saturated carbocycles. The Balaban J connectivity index is 1.57. The summed E-state index contributed by atoms with van der Waals surface area (Å²) in [5.41, 5.74) is 2.74. The number of aryl methyl sites for hydroxylation is 1. The third kappa shape index (κ3) is 3.28. The first-order valence-electron chi connectivity index (χ1n) is 7.64. The van der Waals surface area contributed by atoms with Crippen molar-refractivity contribution in [3.05, 3.63) is 54.4 Å². The van der Waals surface area contributed by atoms with Gasteiger partial charge in [0.1, 0.15) is 0 Å². The molecule has 0 saturated heterocycles. The SMILES string of the molecule is c1ccn(-c2ccc(CCC3CCCCC3)cc2)c1. The summed E-state index contributed by atoms with van der Waals surface area (Å²) in [6, 6.07) is 13.2. The standard InChI is InChI=1S/C18H23N/c1-2-6-16(7-3-1)8-9-17-10-12-18(13-11-17)19-14-4-5-15-19/h4-5,10-16H,1-3,6-9H2. The average molecular weight is 253 g/mol. The molecule has 1 aromatic heterocycles. The highest BCUT2D eigenvalue weighted by Gasteiger charge is 2.12. The van der Waals surface area contributed by atoms with Gasteiger partial charge in [0.05, 0.1) is 0 Å². The molecular formula is C18H23N. The van der Waals surface area contributed by atoms with Crippen LogP contribution in [0.1, 0.15) is 44.1 Å². The molecule has 0 spiro atoms. The second-order valence-electron chi connectivity index (χ2n) is 5.80. The molecule has 0 bridgehead atoms. The van der Waals surface area contributed by atoms with Crippen LogP contribution in [0, 0.1) is 5.92 Å². The monoisotopic (exact) mass is 253 g/mol. The summed E-state index contributed by atoms with van der Waals surface area (Å²) in [4.78, 5) is 0. The summed E-state index contributed by atoms with van der Waals surface area (Å²) < 4.78 is 2.16. The number of hydrogen-bond acceptors (Lipinski definition) is 0. The van der Waals surface area contributed by atoms with E-state index in [1.807, 2.05) is 0 Å². The number of nitrogens with zero attached hydrogens (tertiary/aromatic N) is 1. The highest BCUT2D eigenvalue weighted by molar-refractivity contribution is 5.35. The van der Waals surface area contributed by atoms with Gasteiger partial charge < -0.3 is 4.57 Å². The van der Waals surface area contributed by atoms with Gasteiger partial charge in [-0.05, 0) is 48.6 Å². The van der Waals surface area contributed by atoms with Gasteiger partial charge in [-0.2, -0.15) is 0 Å². The quantitative estimate of drug-likeness (QED) is 0.723. The molecule has 3 rings (SSSR count). The summed E-state index contributed by atoms with van der Waals surface area (Å²) in [5, 5.41) is 0. The van der Waals surface area contributed by atoms with Crippen molar-refractivity contribution in [2.24, 2.45) is 5.92 Å². The van der Waals surface area contributed by atoms with Crippen molar-refractivity contribution in [2.75, 3.05) is 0 Å². The first-order chi connectivity index (χ1) is 9.42. The second-order valence-corrected chi connectivity index (χ2v) is 5.80. The van der Waals surface area contributed by atoms with Crippen LogP contribution in [-0.2, 0) is 6.42 Å². The molecule has 1 heteroatoms. The van der Waals surface area contributed by atoms with Crippen LogP contribution >= 0.6 is 0 Å². The van der Waals surface area contributed by atoms with E-state index in [-0.39, 0.29) is 0 Å². The molecule has 0 aliphatic heterocycles. The van der Waals surface area contributed by atoms with Crippen LogP contribution in [0.3, 0.4) is 0 Å². The van der Waals surface area contributed by atoms with E-state index in [9.17, 15) is 0 Å². The van der Waals surface area contributed by atoms with Crippen molar-refractivity contribution in [1.82, 2.24) is 4.57 Å². The van der Waals surface area contributed by atoms with Gasteiger partial charge in [-0.15, -0.1) is 0 Å². The first-order valence-corrected chi connectivity index (χ1v) is 7.64. The molecule has 1 nitrogen and oxygen atoms in total. The van der Waals surface area contributed by atoms with Gasteiger partial charge >= 0.3 is 0 Å². The molecule has 1 aliphatic carbocycles. The molecule has 100 valence electrons. The molecule has 0 atom stereocenters. The third-order valence-electron chi connectivity index (χ3n) is 4.40. The minimum Gasteiger partial charge on any atom is -0.324 e.